The molecular weight excluding hydrogens is 268 g/mol. The Morgan fingerprint density at radius 1 is 0.773 bits per heavy atom. The molecule has 2 saturated carbocycles. The number of unbranched alkanes of at least 4 members (excludes halogenated alkanes) is 1. The van der Waals surface area contributed by atoms with E-state index in [2.05, 4.69) is 20.8 Å². The average Bonchev–Trinajstić information content (AvgIpc) is 2.60. The van der Waals surface area contributed by atoms with Crippen molar-refractivity contribution in [1.29, 1.82) is 0 Å². The van der Waals surface area contributed by atoms with Gasteiger partial charge in [-0.05, 0) is 37.0 Å². The molecule has 0 atom stereocenters. The molecule has 134 valence electrons. The molecule has 2 aliphatic carbocycles. The van der Waals surface area contributed by atoms with Crippen molar-refractivity contribution in [2.75, 3.05) is 7.11 Å². The van der Waals surface area contributed by atoms with Crippen molar-refractivity contribution < 1.29 is 5.11 Å². The van der Waals surface area contributed by atoms with Crippen molar-refractivity contribution in [3.8, 4) is 0 Å². The van der Waals surface area contributed by atoms with Gasteiger partial charge < -0.3 is 5.11 Å². The van der Waals surface area contributed by atoms with Crippen LogP contribution < -0.4 is 0 Å². The zero-order valence-electron chi connectivity index (χ0n) is 16.1. The summed E-state index contributed by atoms with van der Waals surface area (Å²) in [5, 5.41) is 7.00. The highest BCUT2D eigenvalue weighted by molar-refractivity contribution is 4.84. The van der Waals surface area contributed by atoms with Gasteiger partial charge in [-0.1, -0.05) is 91.4 Å². The van der Waals surface area contributed by atoms with Gasteiger partial charge in [-0.15, -0.1) is 0 Å². The van der Waals surface area contributed by atoms with E-state index in [4.69, 9.17) is 5.11 Å². The highest BCUT2D eigenvalue weighted by Crippen LogP contribution is 2.45. The summed E-state index contributed by atoms with van der Waals surface area (Å²) >= 11 is 0. The molecule has 0 spiro atoms. The molecule has 2 rings (SSSR count). The third kappa shape index (κ3) is 9.87. The number of rotatable bonds is 5. The second-order valence-corrected chi connectivity index (χ2v) is 7.66. The maximum atomic E-state index is 7.00. The van der Waals surface area contributed by atoms with Gasteiger partial charge in [0.15, 0.2) is 0 Å². The molecule has 0 aromatic carbocycles. The molecule has 0 heterocycles. The first-order valence-electron chi connectivity index (χ1n) is 10.2. The molecule has 0 aromatic rings. The van der Waals surface area contributed by atoms with Crippen LogP contribution in [0, 0.1) is 11.3 Å². The molecule has 0 bridgehead atoms. The van der Waals surface area contributed by atoms with E-state index in [1.165, 1.54) is 96.3 Å². The van der Waals surface area contributed by atoms with Gasteiger partial charge in [-0.25, -0.2) is 0 Å². The van der Waals surface area contributed by atoms with Crippen molar-refractivity contribution in [3.05, 3.63) is 0 Å². The predicted octanol–water partition coefficient (Wildman–Crippen LogP) is 7.12. The molecule has 2 fully saturated rings. The molecule has 0 saturated heterocycles. The van der Waals surface area contributed by atoms with Gasteiger partial charge in [-0.3, -0.25) is 0 Å². The summed E-state index contributed by atoms with van der Waals surface area (Å²) in [5.41, 5.74) is 0.761. The molecule has 0 amide bonds. The van der Waals surface area contributed by atoms with Gasteiger partial charge in [0, 0.05) is 7.11 Å². The van der Waals surface area contributed by atoms with Crippen LogP contribution in [0.25, 0.3) is 0 Å². The van der Waals surface area contributed by atoms with Gasteiger partial charge >= 0.3 is 0 Å². The lowest BCUT2D eigenvalue weighted by molar-refractivity contribution is 0.125. The fraction of sp³-hybridized carbons (Fsp3) is 1.00. The fourth-order valence-electron chi connectivity index (χ4n) is 4.14. The van der Waals surface area contributed by atoms with Crippen molar-refractivity contribution in [1.82, 2.24) is 0 Å². The standard InChI is InChI=1S/C14H28.C6H12.CH4O/c1-4-6-10-14(9-5-2)11-7-13(3)8-12-14;1-2-4-6-5-3-1;1-2/h13H,4-12H2,1-3H3;1-6H2;2H,1H3. The van der Waals surface area contributed by atoms with Gasteiger partial charge in [-0.2, -0.15) is 0 Å². The maximum Gasteiger partial charge on any atom is 0.0319 e. The van der Waals surface area contributed by atoms with E-state index in [0.29, 0.717) is 0 Å². The number of aliphatic hydroxyl groups excluding tert-OH is 1. The second-order valence-electron chi connectivity index (χ2n) is 7.66. The van der Waals surface area contributed by atoms with Crippen molar-refractivity contribution in [2.45, 2.75) is 117 Å². The Kier molecular flexibility index (Phi) is 14.5. The van der Waals surface area contributed by atoms with Crippen molar-refractivity contribution >= 4 is 0 Å². The third-order valence-electron chi connectivity index (χ3n) is 5.68. The minimum atomic E-state index is 0.761. The molecule has 0 radical (unpaired) electrons. The summed E-state index contributed by atoms with van der Waals surface area (Å²) in [6.07, 6.45) is 22.2. The monoisotopic (exact) mass is 312 g/mol. The van der Waals surface area contributed by atoms with Gasteiger partial charge in [0.25, 0.3) is 0 Å². The van der Waals surface area contributed by atoms with E-state index in [1.54, 1.807) is 0 Å². The predicted molar refractivity (Wildman–Crippen MR) is 100 cm³/mol. The van der Waals surface area contributed by atoms with Crippen LogP contribution in [0.15, 0.2) is 0 Å². The van der Waals surface area contributed by atoms with Crippen LogP contribution >= 0.6 is 0 Å². The van der Waals surface area contributed by atoms with E-state index in [1.807, 2.05) is 0 Å². The van der Waals surface area contributed by atoms with Gasteiger partial charge in [0.1, 0.15) is 0 Å². The van der Waals surface area contributed by atoms with Crippen molar-refractivity contribution in [3.63, 3.8) is 0 Å². The molecule has 1 heteroatoms. The smallest absolute Gasteiger partial charge is 0.0319 e. The molecule has 2 aliphatic rings. The van der Waals surface area contributed by atoms with E-state index < -0.39 is 0 Å². The Labute approximate surface area is 141 Å². The van der Waals surface area contributed by atoms with E-state index in [0.717, 1.165) is 18.4 Å². The van der Waals surface area contributed by atoms with Crippen LogP contribution in [0.4, 0.5) is 0 Å². The molecule has 0 aromatic heterocycles. The number of aliphatic hydroxyl groups is 1. The first-order valence-corrected chi connectivity index (χ1v) is 10.2. The summed E-state index contributed by atoms with van der Waals surface area (Å²) in [7, 11) is 1.00. The second kappa shape index (κ2) is 14.5. The fourth-order valence-corrected chi connectivity index (χ4v) is 4.14. The van der Waals surface area contributed by atoms with Crippen LogP contribution in [-0.2, 0) is 0 Å². The summed E-state index contributed by atoms with van der Waals surface area (Å²) in [5.74, 6) is 1.00. The lowest BCUT2D eigenvalue weighted by Crippen LogP contribution is -2.26. The molecule has 1 nitrogen and oxygen atoms in total. The van der Waals surface area contributed by atoms with Crippen LogP contribution in [0.5, 0.6) is 0 Å². The zero-order chi connectivity index (χ0) is 16.7. The first kappa shape index (κ1) is 22.0. The SMILES string of the molecule is C1CCCCC1.CCCCC1(CCC)CCC(C)CC1.CO. The van der Waals surface area contributed by atoms with Crippen LogP contribution in [0.2, 0.25) is 0 Å². The molecule has 22 heavy (non-hydrogen) atoms. The summed E-state index contributed by atoms with van der Waals surface area (Å²) in [4.78, 5) is 0. The summed E-state index contributed by atoms with van der Waals surface area (Å²) in [6.45, 7) is 7.10. The maximum absolute atomic E-state index is 7.00. The third-order valence-corrected chi connectivity index (χ3v) is 5.68. The zero-order valence-corrected chi connectivity index (χ0v) is 16.1. The van der Waals surface area contributed by atoms with Crippen LogP contribution in [0.3, 0.4) is 0 Å². The first-order chi connectivity index (χ1) is 10.7. The number of hydrogen-bond acceptors (Lipinski definition) is 1. The molecule has 1 N–H and O–H groups in total. The normalized spacial score (nSPS) is 28.0. The van der Waals surface area contributed by atoms with E-state index in [9.17, 15) is 0 Å². The van der Waals surface area contributed by atoms with Crippen LogP contribution in [-0.4, -0.2) is 12.2 Å². The molecular formula is C21H44O. The summed E-state index contributed by atoms with van der Waals surface area (Å²) in [6, 6.07) is 0. The Bertz CT molecular complexity index is 195. The highest BCUT2D eigenvalue weighted by Gasteiger charge is 2.32. The minimum absolute atomic E-state index is 0.761. The Balaban J connectivity index is 0.000000457. The quantitative estimate of drug-likeness (QED) is 0.573. The summed E-state index contributed by atoms with van der Waals surface area (Å²) < 4.78 is 0. The van der Waals surface area contributed by atoms with E-state index in [-0.39, 0.29) is 0 Å². The Hall–Kier alpha value is -0.0400. The van der Waals surface area contributed by atoms with Gasteiger partial charge in [0.2, 0.25) is 0 Å². The lowest BCUT2D eigenvalue weighted by Gasteiger charge is -2.39. The lowest BCUT2D eigenvalue weighted by atomic mass is 9.66. The molecule has 0 unspecified atom stereocenters. The number of hydrogen-bond donors (Lipinski definition) is 1. The highest BCUT2D eigenvalue weighted by atomic mass is 16.2. The Morgan fingerprint density at radius 3 is 1.59 bits per heavy atom. The minimum Gasteiger partial charge on any atom is -0.400 e. The topological polar surface area (TPSA) is 20.2 Å². The van der Waals surface area contributed by atoms with Crippen molar-refractivity contribution in [2.24, 2.45) is 11.3 Å². The average molecular weight is 313 g/mol. The largest absolute Gasteiger partial charge is 0.400 e. The Morgan fingerprint density at radius 2 is 1.23 bits per heavy atom. The van der Waals surface area contributed by atoms with Crippen LogP contribution in [0.1, 0.15) is 117 Å². The molecule has 0 aliphatic heterocycles. The van der Waals surface area contributed by atoms with E-state index >= 15 is 0 Å². The van der Waals surface area contributed by atoms with Gasteiger partial charge in [0.05, 0.1) is 0 Å².